The summed E-state index contributed by atoms with van der Waals surface area (Å²) < 4.78 is 13.5. The predicted molar refractivity (Wildman–Crippen MR) is 72.9 cm³/mol. The lowest BCUT2D eigenvalue weighted by Gasteiger charge is -2.10. The van der Waals surface area contributed by atoms with Gasteiger partial charge in [-0.15, -0.1) is 0 Å². The molecule has 0 aliphatic heterocycles. The van der Waals surface area contributed by atoms with Gasteiger partial charge in [0.2, 0.25) is 0 Å². The maximum atomic E-state index is 13.5. The second-order valence-corrected chi connectivity index (χ2v) is 4.80. The standard InChI is InChI=1S/C14H21FN2O2/c1-17(2)8-4-3-7-16-10-12-9-11(14(18)19)5-6-13(12)15/h5-6,9,16H,3-4,7-8,10H2,1-2H3,(H,18,19). The normalized spacial score (nSPS) is 10.9. The molecular formula is C14H21FN2O2. The summed E-state index contributed by atoms with van der Waals surface area (Å²) in [6.45, 7) is 2.18. The van der Waals surface area contributed by atoms with Gasteiger partial charge < -0.3 is 15.3 Å². The minimum Gasteiger partial charge on any atom is -0.478 e. The molecule has 0 saturated carbocycles. The number of carboxylic acid groups (broad SMARTS) is 1. The molecule has 2 N–H and O–H groups in total. The molecule has 0 aromatic heterocycles. The lowest BCUT2D eigenvalue weighted by molar-refractivity contribution is 0.0696. The number of halogens is 1. The third-order valence-electron chi connectivity index (χ3n) is 2.82. The van der Waals surface area contributed by atoms with Crippen LogP contribution in [0.4, 0.5) is 4.39 Å². The van der Waals surface area contributed by atoms with Crippen LogP contribution in [0, 0.1) is 5.82 Å². The van der Waals surface area contributed by atoms with E-state index >= 15 is 0 Å². The Balaban J connectivity index is 2.36. The highest BCUT2D eigenvalue weighted by Crippen LogP contribution is 2.10. The third-order valence-corrected chi connectivity index (χ3v) is 2.82. The van der Waals surface area contributed by atoms with E-state index in [4.69, 9.17) is 5.11 Å². The molecule has 19 heavy (non-hydrogen) atoms. The van der Waals surface area contributed by atoms with Crippen LogP contribution in [0.25, 0.3) is 0 Å². The molecule has 0 atom stereocenters. The Bertz CT molecular complexity index is 422. The van der Waals surface area contributed by atoms with E-state index in [0.717, 1.165) is 25.9 Å². The Morgan fingerprint density at radius 3 is 2.74 bits per heavy atom. The van der Waals surface area contributed by atoms with Crippen LogP contribution in [0.2, 0.25) is 0 Å². The Morgan fingerprint density at radius 1 is 1.37 bits per heavy atom. The molecule has 0 unspecified atom stereocenters. The first-order valence-corrected chi connectivity index (χ1v) is 6.38. The van der Waals surface area contributed by atoms with E-state index in [1.807, 2.05) is 14.1 Å². The van der Waals surface area contributed by atoms with Crippen molar-refractivity contribution in [1.82, 2.24) is 10.2 Å². The summed E-state index contributed by atoms with van der Waals surface area (Å²) in [7, 11) is 4.06. The number of hydrogen-bond donors (Lipinski definition) is 2. The first-order chi connectivity index (χ1) is 9.00. The molecule has 0 amide bonds. The van der Waals surface area contributed by atoms with E-state index in [-0.39, 0.29) is 11.4 Å². The van der Waals surface area contributed by atoms with Gasteiger partial charge in [0.05, 0.1) is 5.56 Å². The molecule has 5 heteroatoms. The highest BCUT2D eigenvalue weighted by atomic mass is 19.1. The lowest BCUT2D eigenvalue weighted by atomic mass is 10.1. The molecule has 106 valence electrons. The van der Waals surface area contributed by atoms with Crippen molar-refractivity contribution in [3.63, 3.8) is 0 Å². The zero-order valence-electron chi connectivity index (χ0n) is 11.4. The lowest BCUT2D eigenvalue weighted by Crippen LogP contribution is -2.18. The number of nitrogens with zero attached hydrogens (tertiary/aromatic N) is 1. The van der Waals surface area contributed by atoms with Crippen LogP contribution in [0.1, 0.15) is 28.8 Å². The van der Waals surface area contributed by atoms with Crippen molar-refractivity contribution >= 4 is 5.97 Å². The highest BCUT2D eigenvalue weighted by Gasteiger charge is 2.07. The fraction of sp³-hybridized carbons (Fsp3) is 0.500. The van der Waals surface area contributed by atoms with E-state index in [1.54, 1.807) is 0 Å². The first kappa shape index (κ1) is 15.6. The second-order valence-electron chi connectivity index (χ2n) is 4.80. The van der Waals surface area contributed by atoms with E-state index in [0.29, 0.717) is 12.1 Å². The number of carbonyl (C=O) groups is 1. The number of aromatic carboxylic acids is 1. The summed E-state index contributed by atoms with van der Waals surface area (Å²) in [6.07, 6.45) is 2.09. The largest absolute Gasteiger partial charge is 0.478 e. The SMILES string of the molecule is CN(C)CCCCNCc1cc(C(=O)O)ccc1F. The van der Waals surface area contributed by atoms with E-state index in [2.05, 4.69) is 10.2 Å². The summed E-state index contributed by atoms with van der Waals surface area (Å²) in [5.41, 5.74) is 0.512. The van der Waals surface area contributed by atoms with Crippen molar-refractivity contribution in [1.29, 1.82) is 0 Å². The molecule has 4 nitrogen and oxygen atoms in total. The summed E-state index contributed by atoms with van der Waals surface area (Å²) >= 11 is 0. The molecule has 0 saturated heterocycles. The molecule has 0 spiro atoms. The van der Waals surface area contributed by atoms with Gasteiger partial charge in [-0.3, -0.25) is 0 Å². The predicted octanol–water partition coefficient (Wildman–Crippen LogP) is 1.96. The van der Waals surface area contributed by atoms with Crippen LogP contribution in [-0.4, -0.2) is 43.2 Å². The number of carboxylic acids is 1. The van der Waals surface area contributed by atoms with Crippen LogP contribution in [-0.2, 0) is 6.54 Å². The zero-order valence-corrected chi connectivity index (χ0v) is 11.4. The number of nitrogens with one attached hydrogen (secondary N) is 1. The number of hydrogen-bond acceptors (Lipinski definition) is 3. The minimum atomic E-state index is -1.03. The van der Waals surface area contributed by atoms with Crippen molar-refractivity contribution in [2.45, 2.75) is 19.4 Å². The molecule has 0 aliphatic rings. The van der Waals surface area contributed by atoms with Crippen LogP contribution in [0.3, 0.4) is 0 Å². The van der Waals surface area contributed by atoms with Crippen molar-refractivity contribution in [2.75, 3.05) is 27.2 Å². The van der Waals surface area contributed by atoms with Crippen molar-refractivity contribution in [3.8, 4) is 0 Å². The van der Waals surface area contributed by atoms with Gasteiger partial charge in [-0.05, 0) is 58.2 Å². The quantitative estimate of drug-likeness (QED) is 0.708. The third kappa shape index (κ3) is 5.81. The highest BCUT2D eigenvalue weighted by molar-refractivity contribution is 5.87. The summed E-state index contributed by atoms with van der Waals surface area (Å²) in [6, 6.07) is 3.86. The Hall–Kier alpha value is -1.46. The van der Waals surface area contributed by atoms with Gasteiger partial charge in [-0.25, -0.2) is 9.18 Å². The average Bonchev–Trinajstić information content (AvgIpc) is 2.34. The average molecular weight is 268 g/mol. The smallest absolute Gasteiger partial charge is 0.335 e. The van der Waals surface area contributed by atoms with Crippen molar-refractivity contribution in [3.05, 3.63) is 35.1 Å². The molecule has 0 radical (unpaired) electrons. The Kier molecular flexibility index (Phi) is 6.45. The molecule has 0 aliphatic carbocycles. The van der Waals surface area contributed by atoms with Crippen molar-refractivity contribution in [2.24, 2.45) is 0 Å². The second kappa shape index (κ2) is 7.86. The first-order valence-electron chi connectivity index (χ1n) is 6.38. The fourth-order valence-electron chi connectivity index (χ4n) is 1.74. The molecule has 0 heterocycles. The Morgan fingerprint density at radius 2 is 2.11 bits per heavy atom. The number of unbranched alkanes of at least 4 members (excludes halogenated alkanes) is 1. The van der Waals surface area contributed by atoms with Gasteiger partial charge in [-0.1, -0.05) is 0 Å². The molecular weight excluding hydrogens is 247 g/mol. The fourth-order valence-corrected chi connectivity index (χ4v) is 1.74. The Labute approximate surface area is 113 Å². The molecule has 0 fully saturated rings. The van der Waals surface area contributed by atoms with E-state index < -0.39 is 5.97 Å². The summed E-state index contributed by atoms with van der Waals surface area (Å²) in [5.74, 6) is -1.40. The molecule has 1 aromatic carbocycles. The van der Waals surface area contributed by atoms with Crippen LogP contribution in [0.15, 0.2) is 18.2 Å². The van der Waals surface area contributed by atoms with Crippen LogP contribution in [0.5, 0.6) is 0 Å². The maximum absolute atomic E-state index is 13.5. The van der Waals surface area contributed by atoms with Gasteiger partial charge in [0.1, 0.15) is 5.82 Å². The monoisotopic (exact) mass is 268 g/mol. The van der Waals surface area contributed by atoms with E-state index in [9.17, 15) is 9.18 Å². The summed E-state index contributed by atoms with van der Waals surface area (Å²) in [5, 5.41) is 12.0. The molecule has 1 aromatic rings. The van der Waals surface area contributed by atoms with Gasteiger partial charge in [0, 0.05) is 12.1 Å². The van der Waals surface area contributed by atoms with Crippen molar-refractivity contribution < 1.29 is 14.3 Å². The van der Waals surface area contributed by atoms with Gasteiger partial charge >= 0.3 is 5.97 Å². The minimum absolute atomic E-state index is 0.116. The number of benzene rings is 1. The van der Waals surface area contributed by atoms with Gasteiger partial charge in [-0.2, -0.15) is 0 Å². The summed E-state index contributed by atoms with van der Waals surface area (Å²) in [4.78, 5) is 12.9. The van der Waals surface area contributed by atoms with Gasteiger partial charge in [0.15, 0.2) is 0 Å². The molecule has 1 rings (SSSR count). The zero-order chi connectivity index (χ0) is 14.3. The number of rotatable bonds is 8. The van der Waals surface area contributed by atoms with Crippen LogP contribution < -0.4 is 5.32 Å². The van der Waals surface area contributed by atoms with Gasteiger partial charge in [0.25, 0.3) is 0 Å². The molecule has 0 bridgehead atoms. The van der Waals surface area contributed by atoms with Crippen LogP contribution >= 0.6 is 0 Å². The maximum Gasteiger partial charge on any atom is 0.335 e. The van der Waals surface area contributed by atoms with E-state index in [1.165, 1.54) is 18.2 Å². The topological polar surface area (TPSA) is 52.6 Å².